The first-order valence-electron chi connectivity index (χ1n) is 11.8. The van der Waals surface area contributed by atoms with E-state index in [0.717, 1.165) is 56.1 Å². The maximum atomic E-state index is 13.5. The van der Waals surface area contributed by atoms with Crippen LogP contribution in [-0.4, -0.2) is 72.5 Å². The molecule has 5 heterocycles. The Kier molecular flexibility index (Phi) is 4.85. The van der Waals surface area contributed by atoms with Crippen molar-refractivity contribution in [2.45, 2.75) is 50.9 Å². The van der Waals surface area contributed by atoms with Crippen molar-refractivity contribution in [3.05, 3.63) is 34.9 Å². The van der Waals surface area contributed by atoms with Crippen molar-refractivity contribution in [1.29, 1.82) is 0 Å². The lowest BCUT2D eigenvalue weighted by Crippen LogP contribution is -2.52. The molecule has 1 unspecified atom stereocenters. The Morgan fingerprint density at radius 2 is 1.97 bits per heavy atom. The van der Waals surface area contributed by atoms with E-state index in [0.29, 0.717) is 30.3 Å². The number of hydrogen-bond donors (Lipinski definition) is 2. The van der Waals surface area contributed by atoms with Gasteiger partial charge in [-0.25, -0.2) is 0 Å². The van der Waals surface area contributed by atoms with Gasteiger partial charge in [0.15, 0.2) is 0 Å². The van der Waals surface area contributed by atoms with Crippen LogP contribution in [0.25, 0.3) is 0 Å². The number of likely N-dealkylation sites (tertiary alicyclic amines) is 1. The van der Waals surface area contributed by atoms with Gasteiger partial charge in [0.25, 0.3) is 5.91 Å². The number of hydrogen-bond acceptors (Lipinski definition) is 6. The molecule has 1 aromatic rings. The Hall–Kier alpha value is -2.29. The van der Waals surface area contributed by atoms with E-state index in [9.17, 15) is 14.4 Å². The predicted molar refractivity (Wildman–Crippen MR) is 116 cm³/mol. The van der Waals surface area contributed by atoms with Gasteiger partial charge in [-0.15, -0.1) is 0 Å². The second kappa shape index (κ2) is 7.64. The third-order valence-electron chi connectivity index (χ3n) is 8.44. The van der Waals surface area contributed by atoms with Gasteiger partial charge >= 0.3 is 0 Å². The first kappa shape index (κ1) is 20.3. The molecule has 0 radical (unpaired) electrons. The van der Waals surface area contributed by atoms with E-state index in [1.165, 1.54) is 12.8 Å². The molecule has 4 saturated heterocycles. The largest absolute Gasteiger partial charge is 0.379 e. The van der Waals surface area contributed by atoms with Gasteiger partial charge in [-0.2, -0.15) is 0 Å². The summed E-state index contributed by atoms with van der Waals surface area (Å²) in [5.74, 6) is -0.135. The first-order valence-corrected chi connectivity index (χ1v) is 11.8. The normalized spacial score (nSPS) is 31.8. The van der Waals surface area contributed by atoms with E-state index in [1.54, 1.807) is 4.90 Å². The van der Waals surface area contributed by atoms with Crippen molar-refractivity contribution in [3.63, 3.8) is 0 Å². The highest BCUT2D eigenvalue weighted by Gasteiger charge is 2.55. The Balaban J connectivity index is 1.25. The highest BCUT2D eigenvalue weighted by molar-refractivity contribution is 6.06. The molecule has 0 bridgehead atoms. The molecule has 0 aromatic heterocycles. The summed E-state index contributed by atoms with van der Waals surface area (Å²) in [6.45, 7) is 5.97. The number of amides is 3. The molecule has 0 aliphatic carbocycles. The summed E-state index contributed by atoms with van der Waals surface area (Å²) in [7, 11) is 0. The summed E-state index contributed by atoms with van der Waals surface area (Å²) in [5.41, 5.74) is 3.08. The predicted octanol–water partition coefficient (Wildman–Crippen LogP) is 0.648. The fraction of sp³-hybridized carbons (Fsp3) is 0.625. The average Bonchev–Trinajstić information content (AvgIpc) is 3.46. The van der Waals surface area contributed by atoms with Crippen LogP contribution in [0.4, 0.5) is 0 Å². The zero-order valence-corrected chi connectivity index (χ0v) is 18.3. The molecule has 3 atom stereocenters. The van der Waals surface area contributed by atoms with Crippen LogP contribution in [0.1, 0.15) is 47.2 Å². The number of carbonyl (C=O) groups excluding carboxylic acids is 3. The number of nitrogens with one attached hydrogen (secondary N) is 2. The van der Waals surface area contributed by atoms with E-state index in [4.69, 9.17) is 4.74 Å². The summed E-state index contributed by atoms with van der Waals surface area (Å²) in [5, 5.41) is 5.89. The van der Waals surface area contributed by atoms with Gasteiger partial charge in [0.2, 0.25) is 11.8 Å². The molecule has 32 heavy (non-hydrogen) atoms. The molecule has 3 amide bonds. The number of imide groups is 1. The van der Waals surface area contributed by atoms with Crippen LogP contribution < -0.4 is 10.6 Å². The fourth-order valence-corrected chi connectivity index (χ4v) is 6.79. The molecule has 2 N–H and O–H groups in total. The van der Waals surface area contributed by atoms with Crippen LogP contribution in [0.2, 0.25) is 0 Å². The minimum Gasteiger partial charge on any atom is -0.379 e. The molecule has 1 spiro atoms. The summed E-state index contributed by atoms with van der Waals surface area (Å²) < 4.78 is 5.93. The lowest BCUT2D eigenvalue weighted by atomic mass is 9.70. The second-order valence-corrected chi connectivity index (χ2v) is 10.1. The Bertz CT molecular complexity index is 973. The smallest absolute Gasteiger partial charge is 0.255 e. The van der Waals surface area contributed by atoms with E-state index >= 15 is 0 Å². The second-order valence-electron chi connectivity index (χ2n) is 10.1. The van der Waals surface area contributed by atoms with E-state index < -0.39 is 6.04 Å². The lowest BCUT2D eigenvalue weighted by Gasteiger charge is -2.38. The molecule has 0 saturated carbocycles. The zero-order valence-electron chi connectivity index (χ0n) is 18.3. The van der Waals surface area contributed by atoms with Crippen LogP contribution in [0.5, 0.6) is 0 Å². The first-order chi connectivity index (χ1) is 15.6. The summed E-state index contributed by atoms with van der Waals surface area (Å²) in [4.78, 5) is 41.6. The molecule has 6 rings (SSSR count). The molecule has 1 aromatic carbocycles. The van der Waals surface area contributed by atoms with Gasteiger partial charge in [0.05, 0.1) is 13.2 Å². The quantitative estimate of drug-likeness (QED) is 0.674. The van der Waals surface area contributed by atoms with Crippen LogP contribution in [-0.2, 0) is 27.4 Å². The van der Waals surface area contributed by atoms with Crippen molar-refractivity contribution >= 4 is 17.7 Å². The van der Waals surface area contributed by atoms with Crippen LogP contribution in [0.3, 0.4) is 0 Å². The van der Waals surface area contributed by atoms with Crippen molar-refractivity contribution < 1.29 is 19.1 Å². The van der Waals surface area contributed by atoms with Gasteiger partial charge < -0.3 is 15.0 Å². The van der Waals surface area contributed by atoms with Gasteiger partial charge in [0, 0.05) is 43.6 Å². The summed E-state index contributed by atoms with van der Waals surface area (Å²) in [6.07, 6.45) is 3.03. The Morgan fingerprint density at radius 1 is 1.12 bits per heavy atom. The average molecular weight is 439 g/mol. The summed E-state index contributed by atoms with van der Waals surface area (Å²) >= 11 is 0. The molecule has 5 aliphatic heterocycles. The number of fused-ring (bicyclic) bond motifs is 3. The summed E-state index contributed by atoms with van der Waals surface area (Å²) in [6, 6.07) is 5.91. The number of rotatable bonds is 3. The molecular weight excluding hydrogens is 408 g/mol. The highest BCUT2D eigenvalue weighted by atomic mass is 16.5. The molecule has 5 aliphatic rings. The third-order valence-corrected chi connectivity index (χ3v) is 8.44. The van der Waals surface area contributed by atoms with Gasteiger partial charge in [-0.1, -0.05) is 18.2 Å². The number of ether oxygens (including phenoxy) is 1. The standard InChI is InChI=1S/C24H30N4O4/c29-20-5-4-18(22(30)26-20)28-11-16-3-1-2-15(21(16)23(28)31)10-27-14-24(6-8-25-9-7-24)17-12-32-13-19(17)27/h1-3,17-19,25H,4-14H2,(H,26,29,30)/t17-,18?,19+/m1/s1. The van der Waals surface area contributed by atoms with Gasteiger partial charge in [-0.05, 0) is 48.9 Å². The third kappa shape index (κ3) is 3.11. The van der Waals surface area contributed by atoms with Gasteiger partial charge in [0.1, 0.15) is 6.04 Å². The molecular formula is C24H30N4O4. The monoisotopic (exact) mass is 438 g/mol. The maximum absolute atomic E-state index is 13.5. The van der Waals surface area contributed by atoms with Crippen LogP contribution >= 0.6 is 0 Å². The Labute approximate surface area is 187 Å². The highest BCUT2D eigenvalue weighted by Crippen LogP contribution is 2.49. The zero-order chi connectivity index (χ0) is 21.9. The number of nitrogens with zero attached hydrogens (tertiary/aromatic N) is 2. The van der Waals surface area contributed by atoms with Crippen LogP contribution in [0.15, 0.2) is 18.2 Å². The number of carbonyl (C=O) groups is 3. The van der Waals surface area contributed by atoms with E-state index in [1.807, 2.05) is 12.1 Å². The minimum absolute atomic E-state index is 0.0832. The van der Waals surface area contributed by atoms with Gasteiger partial charge in [-0.3, -0.25) is 24.6 Å². The minimum atomic E-state index is -0.571. The van der Waals surface area contributed by atoms with Crippen molar-refractivity contribution in [1.82, 2.24) is 20.4 Å². The SMILES string of the molecule is O=C1CCC(N2Cc3cccc(CN4CC5(CCNCC5)[C@@H]5COC[C@@H]54)c3C2=O)C(=O)N1. The topological polar surface area (TPSA) is 91.0 Å². The number of benzene rings is 1. The number of piperidine rings is 2. The Morgan fingerprint density at radius 3 is 2.78 bits per heavy atom. The van der Waals surface area contributed by atoms with E-state index in [-0.39, 0.29) is 24.1 Å². The molecule has 4 fully saturated rings. The molecule has 8 nitrogen and oxygen atoms in total. The van der Waals surface area contributed by atoms with Crippen molar-refractivity contribution in [2.75, 3.05) is 32.8 Å². The van der Waals surface area contributed by atoms with E-state index in [2.05, 4.69) is 21.6 Å². The maximum Gasteiger partial charge on any atom is 0.255 e. The lowest BCUT2D eigenvalue weighted by molar-refractivity contribution is -0.136. The van der Waals surface area contributed by atoms with Crippen molar-refractivity contribution in [2.24, 2.45) is 11.3 Å². The van der Waals surface area contributed by atoms with Crippen LogP contribution in [0, 0.1) is 11.3 Å². The molecule has 8 heteroatoms. The molecule has 170 valence electrons. The van der Waals surface area contributed by atoms with Crippen molar-refractivity contribution in [3.8, 4) is 0 Å². The fourth-order valence-electron chi connectivity index (χ4n) is 6.79.